The molecular formula is C36H33F2N3OS. The first-order chi connectivity index (χ1) is 20.9. The second kappa shape index (κ2) is 14.6. The third-order valence-electron chi connectivity index (χ3n) is 7.21. The van der Waals surface area contributed by atoms with Gasteiger partial charge in [0.05, 0.1) is 12.9 Å². The predicted octanol–water partition coefficient (Wildman–Crippen LogP) is 8.13. The lowest BCUT2D eigenvalue weighted by atomic mass is 9.98. The molecule has 4 nitrogen and oxygen atoms in total. The van der Waals surface area contributed by atoms with E-state index in [-0.39, 0.29) is 24.0 Å². The van der Waals surface area contributed by atoms with Gasteiger partial charge in [0.2, 0.25) is 0 Å². The highest BCUT2D eigenvalue weighted by molar-refractivity contribution is 7.98. The molecule has 0 radical (unpaired) electrons. The number of ketones is 1. The molecule has 5 aromatic rings. The topological polar surface area (TPSA) is 46.9 Å². The zero-order valence-electron chi connectivity index (χ0n) is 24.0. The summed E-state index contributed by atoms with van der Waals surface area (Å²) in [6.07, 6.45) is 11.3. The third kappa shape index (κ3) is 8.75. The minimum Gasteiger partial charge on any atom is -0.378 e. The van der Waals surface area contributed by atoms with Crippen molar-refractivity contribution >= 4 is 34.9 Å². The summed E-state index contributed by atoms with van der Waals surface area (Å²) in [6, 6.07) is 27.3. The normalized spacial score (nSPS) is 11.5. The largest absolute Gasteiger partial charge is 0.378 e. The number of thioether (sulfide) groups is 1. The maximum Gasteiger partial charge on any atom is 0.156 e. The predicted molar refractivity (Wildman–Crippen MR) is 172 cm³/mol. The number of Topliss-reactive ketones (excluding diaryl/α,β-unsaturated/α-hetero) is 1. The summed E-state index contributed by atoms with van der Waals surface area (Å²) in [6.45, 7) is 0.758. The van der Waals surface area contributed by atoms with E-state index in [0.717, 1.165) is 56.8 Å². The van der Waals surface area contributed by atoms with Gasteiger partial charge in [0.1, 0.15) is 11.6 Å². The maximum absolute atomic E-state index is 13.7. The lowest BCUT2D eigenvalue weighted by Gasteiger charge is -2.15. The summed E-state index contributed by atoms with van der Waals surface area (Å²) in [4.78, 5) is 18.3. The molecule has 0 amide bonds. The number of aromatic nitrogens is 2. The van der Waals surface area contributed by atoms with Gasteiger partial charge in [-0.2, -0.15) is 0 Å². The van der Waals surface area contributed by atoms with E-state index in [1.807, 2.05) is 35.2 Å². The molecule has 0 fully saturated rings. The van der Waals surface area contributed by atoms with Crippen LogP contribution in [0.4, 0.5) is 14.5 Å². The number of hydrogen-bond acceptors (Lipinski definition) is 4. The molecule has 1 aromatic heterocycles. The Labute approximate surface area is 255 Å². The summed E-state index contributed by atoms with van der Waals surface area (Å²) in [7, 11) is 0. The van der Waals surface area contributed by atoms with E-state index in [1.165, 1.54) is 24.3 Å². The monoisotopic (exact) mass is 593 g/mol. The highest BCUT2D eigenvalue weighted by Crippen LogP contribution is 2.26. The van der Waals surface area contributed by atoms with Crippen molar-refractivity contribution in [3.63, 3.8) is 0 Å². The molecule has 0 spiro atoms. The Morgan fingerprint density at radius 3 is 2.40 bits per heavy atom. The summed E-state index contributed by atoms with van der Waals surface area (Å²) >= 11 is 1.66. The Kier molecular flexibility index (Phi) is 10.2. The van der Waals surface area contributed by atoms with E-state index < -0.39 is 0 Å². The molecule has 218 valence electrons. The van der Waals surface area contributed by atoms with Gasteiger partial charge in [-0.25, -0.2) is 13.8 Å². The van der Waals surface area contributed by atoms with Crippen molar-refractivity contribution in [2.75, 3.05) is 18.1 Å². The second-order valence-electron chi connectivity index (χ2n) is 10.4. The van der Waals surface area contributed by atoms with Gasteiger partial charge in [0, 0.05) is 35.9 Å². The average molecular weight is 594 g/mol. The molecule has 0 bridgehead atoms. The first-order valence-corrected chi connectivity index (χ1v) is 15.4. The number of aryl methyl sites for hydroxylation is 2. The molecule has 4 aromatic carbocycles. The van der Waals surface area contributed by atoms with Crippen molar-refractivity contribution in [1.29, 1.82) is 0 Å². The van der Waals surface area contributed by atoms with E-state index in [1.54, 1.807) is 48.6 Å². The van der Waals surface area contributed by atoms with Crippen molar-refractivity contribution in [2.24, 2.45) is 0 Å². The zero-order chi connectivity index (χ0) is 30.0. The van der Waals surface area contributed by atoms with Crippen LogP contribution in [0.25, 0.3) is 11.6 Å². The number of halogens is 2. The molecular weight excluding hydrogens is 560 g/mol. The summed E-state index contributed by atoms with van der Waals surface area (Å²) < 4.78 is 29.1. The van der Waals surface area contributed by atoms with E-state index >= 15 is 0 Å². The van der Waals surface area contributed by atoms with E-state index in [0.29, 0.717) is 13.0 Å². The van der Waals surface area contributed by atoms with Crippen molar-refractivity contribution in [2.45, 2.75) is 30.7 Å². The molecule has 1 heterocycles. The molecule has 7 heteroatoms. The molecule has 43 heavy (non-hydrogen) atoms. The van der Waals surface area contributed by atoms with Gasteiger partial charge in [-0.05, 0) is 101 Å². The van der Waals surface area contributed by atoms with Crippen molar-refractivity contribution in [3.8, 4) is 0 Å². The van der Waals surface area contributed by atoms with Crippen LogP contribution in [-0.4, -0.2) is 28.1 Å². The number of hydrogen-bond donors (Lipinski definition) is 1. The molecule has 5 rings (SSSR count). The molecule has 0 saturated carbocycles. The van der Waals surface area contributed by atoms with E-state index in [4.69, 9.17) is 0 Å². The van der Waals surface area contributed by atoms with Crippen LogP contribution in [0.5, 0.6) is 0 Å². The van der Waals surface area contributed by atoms with Gasteiger partial charge in [-0.15, -0.1) is 11.8 Å². The fraction of sp³-hybridized carbons (Fsp3) is 0.167. The van der Waals surface area contributed by atoms with Gasteiger partial charge < -0.3 is 9.88 Å². The molecule has 0 aliphatic carbocycles. The number of nitrogens with one attached hydrogen (secondary N) is 1. The zero-order valence-corrected chi connectivity index (χ0v) is 24.8. The standard InChI is InChI=1S/C36H33F2N3OS/c1-43-35-4-2-3-27(21-35)20-34(42)23-40-36-22-28(6-10-30(36)9-5-26-7-13-32(37)14-8-26)19-31(24-41-18-17-39-25-41)29-11-15-33(38)16-12-29/h2-4,6-8,10-19,21-22,25,40H,5,9,20,23-24H2,1H3/b31-19-. The number of anilines is 1. The number of nitrogens with zero attached hydrogens (tertiary/aromatic N) is 2. The van der Waals surface area contributed by atoms with Crippen molar-refractivity contribution in [3.05, 3.63) is 149 Å². The number of allylic oxidation sites excluding steroid dienone is 1. The third-order valence-corrected chi connectivity index (χ3v) is 7.94. The van der Waals surface area contributed by atoms with Gasteiger partial charge >= 0.3 is 0 Å². The Bertz CT molecular complexity index is 1680. The Morgan fingerprint density at radius 2 is 1.67 bits per heavy atom. The van der Waals surface area contributed by atoms with Crippen LogP contribution < -0.4 is 5.32 Å². The molecule has 0 aliphatic heterocycles. The second-order valence-corrected chi connectivity index (χ2v) is 11.3. The molecule has 1 N–H and O–H groups in total. The number of rotatable bonds is 13. The van der Waals surface area contributed by atoms with Gasteiger partial charge in [-0.1, -0.05) is 48.5 Å². The summed E-state index contributed by atoms with van der Waals surface area (Å²) in [5.41, 5.74) is 6.84. The minimum absolute atomic E-state index is 0.0933. The lowest BCUT2D eigenvalue weighted by molar-refractivity contribution is -0.116. The van der Waals surface area contributed by atoms with Crippen LogP contribution in [0.1, 0.15) is 27.8 Å². The Morgan fingerprint density at radius 1 is 0.907 bits per heavy atom. The van der Waals surface area contributed by atoms with Gasteiger partial charge in [0.25, 0.3) is 0 Å². The first-order valence-electron chi connectivity index (χ1n) is 14.1. The average Bonchev–Trinajstić information content (AvgIpc) is 3.54. The van der Waals surface area contributed by atoms with Crippen LogP contribution in [-0.2, 0) is 30.6 Å². The summed E-state index contributed by atoms with van der Waals surface area (Å²) in [5, 5.41) is 3.40. The van der Waals surface area contributed by atoms with Crippen LogP contribution in [0.3, 0.4) is 0 Å². The first kappa shape index (κ1) is 30.0. The van der Waals surface area contributed by atoms with Crippen LogP contribution >= 0.6 is 11.8 Å². The van der Waals surface area contributed by atoms with Crippen LogP contribution in [0, 0.1) is 11.6 Å². The highest BCUT2D eigenvalue weighted by atomic mass is 32.2. The quantitative estimate of drug-likeness (QED) is 0.111. The maximum atomic E-state index is 13.7. The molecule has 0 unspecified atom stereocenters. The van der Waals surface area contributed by atoms with Crippen molar-refractivity contribution in [1.82, 2.24) is 9.55 Å². The van der Waals surface area contributed by atoms with Gasteiger partial charge in [0.15, 0.2) is 5.78 Å². The van der Waals surface area contributed by atoms with E-state index in [2.05, 4.69) is 40.6 Å². The van der Waals surface area contributed by atoms with Crippen LogP contribution in [0.15, 0.2) is 115 Å². The fourth-order valence-corrected chi connectivity index (χ4v) is 5.41. The van der Waals surface area contributed by atoms with Gasteiger partial charge in [-0.3, -0.25) is 4.79 Å². The number of carbonyl (C=O) groups excluding carboxylic acids is 1. The van der Waals surface area contributed by atoms with E-state index in [9.17, 15) is 13.6 Å². The molecule has 0 saturated heterocycles. The van der Waals surface area contributed by atoms with Crippen molar-refractivity contribution < 1.29 is 13.6 Å². The minimum atomic E-state index is -0.285. The highest BCUT2D eigenvalue weighted by Gasteiger charge is 2.11. The Hall–Kier alpha value is -4.49. The lowest BCUT2D eigenvalue weighted by Crippen LogP contribution is -2.17. The molecule has 0 aliphatic rings. The summed E-state index contributed by atoms with van der Waals surface area (Å²) in [5.74, 6) is -0.445. The SMILES string of the molecule is CSc1cccc(CC(=O)CNc2cc(/C=C(/Cn3ccnc3)c3ccc(F)cc3)ccc2CCc2ccc(F)cc2)c1. The molecule has 0 atom stereocenters. The van der Waals surface area contributed by atoms with Crippen LogP contribution in [0.2, 0.25) is 0 Å². The smallest absolute Gasteiger partial charge is 0.156 e. The number of carbonyl (C=O) groups is 1. The number of imidazole rings is 1. The number of benzene rings is 4. The fourth-order valence-electron chi connectivity index (χ4n) is 4.93. The Balaban J connectivity index is 1.40.